The molecular formula is C23H26ClN5O2. The largest absolute Gasteiger partial charge is 0.373 e. The van der Waals surface area contributed by atoms with Crippen molar-refractivity contribution in [2.24, 2.45) is 0 Å². The standard InChI is InChI=1S/C23H26ClN5O2/c1-2-3-11-25-23(31)20-9-7-17(13-26-20)8-10-22(30)28-21-15-29(16-27-21)14-18-5-4-6-19(24)12-18/h4-10,12-13,15-16,23,25,31H,2-3,11,14H2,1H3,(H,28,30)/b10-8+. The number of aliphatic hydroxyl groups excluding tert-OH is 1. The average molecular weight is 440 g/mol. The van der Waals surface area contributed by atoms with Crippen molar-refractivity contribution in [2.45, 2.75) is 32.5 Å². The number of nitrogens with zero attached hydrogens (tertiary/aromatic N) is 3. The Kier molecular flexibility index (Phi) is 8.35. The summed E-state index contributed by atoms with van der Waals surface area (Å²) in [7, 11) is 0. The number of nitrogens with one attached hydrogen (secondary N) is 2. The highest BCUT2D eigenvalue weighted by atomic mass is 35.5. The van der Waals surface area contributed by atoms with Crippen molar-refractivity contribution in [1.29, 1.82) is 0 Å². The van der Waals surface area contributed by atoms with Crippen molar-refractivity contribution in [3.8, 4) is 0 Å². The average Bonchev–Trinajstić information content (AvgIpc) is 3.19. The van der Waals surface area contributed by atoms with E-state index in [2.05, 4.69) is 27.5 Å². The Labute approximate surface area is 186 Å². The second kappa shape index (κ2) is 11.4. The quantitative estimate of drug-likeness (QED) is 0.252. The first-order chi connectivity index (χ1) is 15.0. The third-order valence-electron chi connectivity index (χ3n) is 4.52. The van der Waals surface area contributed by atoms with Crippen LogP contribution in [0.15, 0.2) is 61.2 Å². The second-order valence-corrected chi connectivity index (χ2v) is 7.55. The number of benzene rings is 1. The van der Waals surface area contributed by atoms with E-state index >= 15 is 0 Å². The smallest absolute Gasteiger partial charge is 0.249 e. The van der Waals surface area contributed by atoms with Gasteiger partial charge in [0, 0.05) is 30.0 Å². The highest BCUT2D eigenvalue weighted by Gasteiger charge is 2.07. The maximum absolute atomic E-state index is 12.2. The van der Waals surface area contributed by atoms with Gasteiger partial charge in [0.05, 0.1) is 12.0 Å². The third-order valence-corrected chi connectivity index (χ3v) is 4.76. The summed E-state index contributed by atoms with van der Waals surface area (Å²) < 4.78 is 1.87. The number of halogens is 1. The van der Waals surface area contributed by atoms with Gasteiger partial charge in [-0.15, -0.1) is 0 Å². The lowest BCUT2D eigenvalue weighted by molar-refractivity contribution is -0.111. The lowest BCUT2D eigenvalue weighted by Gasteiger charge is -2.11. The number of unbranched alkanes of at least 4 members (excludes halogenated alkanes) is 1. The number of hydrogen-bond acceptors (Lipinski definition) is 5. The molecule has 7 nitrogen and oxygen atoms in total. The van der Waals surface area contributed by atoms with Crippen LogP contribution in [0.3, 0.4) is 0 Å². The van der Waals surface area contributed by atoms with Gasteiger partial charge in [0.2, 0.25) is 5.91 Å². The number of imidazole rings is 1. The first kappa shape index (κ1) is 22.7. The minimum absolute atomic E-state index is 0.293. The summed E-state index contributed by atoms with van der Waals surface area (Å²) in [6.07, 6.45) is 9.36. The fourth-order valence-electron chi connectivity index (χ4n) is 2.89. The molecule has 3 rings (SSSR count). The van der Waals surface area contributed by atoms with Crippen LogP contribution < -0.4 is 10.6 Å². The van der Waals surface area contributed by atoms with Crippen LogP contribution in [0.4, 0.5) is 5.82 Å². The Morgan fingerprint density at radius 2 is 2.16 bits per heavy atom. The summed E-state index contributed by atoms with van der Waals surface area (Å²) in [5.74, 6) is 0.171. The van der Waals surface area contributed by atoms with Gasteiger partial charge in [0.25, 0.3) is 0 Å². The molecule has 1 amide bonds. The van der Waals surface area contributed by atoms with E-state index in [1.165, 1.54) is 6.08 Å². The molecule has 0 aliphatic carbocycles. The van der Waals surface area contributed by atoms with Crippen molar-refractivity contribution < 1.29 is 9.90 Å². The molecule has 2 aromatic heterocycles. The minimum Gasteiger partial charge on any atom is -0.373 e. The van der Waals surface area contributed by atoms with Gasteiger partial charge < -0.3 is 15.0 Å². The van der Waals surface area contributed by atoms with Gasteiger partial charge in [-0.2, -0.15) is 0 Å². The SMILES string of the molecule is CCCCNC(O)c1ccc(/C=C/C(=O)Nc2cn(Cc3cccc(Cl)c3)cn2)cn1. The fraction of sp³-hybridized carbons (Fsp3) is 0.261. The molecule has 0 aliphatic heterocycles. The monoisotopic (exact) mass is 439 g/mol. The molecule has 0 spiro atoms. The first-order valence-corrected chi connectivity index (χ1v) is 10.5. The number of anilines is 1. The lowest BCUT2D eigenvalue weighted by Crippen LogP contribution is -2.22. The van der Waals surface area contributed by atoms with Crippen LogP contribution in [-0.4, -0.2) is 32.1 Å². The summed E-state index contributed by atoms with van der Waals surface area (Å²) in [4.78, 5) is 20.6. The zero-order valence-electron chi connectivity index (χ0n) is 17.3. The van der Waals surface area contributed by atoms with Gasteiger partial charge in [-0.1, -0.05) is 43.1 Å². The first-order valence-electron chi connectivity index (χ1n) is 10.2. The Hall–Kier alpha value is -3.00. The van der Waals surface area contributed by atoms with E-state index in [9.17, 15) is 9.90 Å². The van der Waals surface area contributed by atoms with E-state index in [4.69, 9.17) is 11.6 Å². The van der Waals surface area contributed by atoms with Crippen LogP contribution in [0.25, 0.3) is 6.08 Å². The molecule has 31 heavy (non-hydrogen) atoms. The van der Waals surface area contributed by atoms with Crippen molar-refractivity contribution >= 4 is 29.4 Å². The molecule has 0 saturated carbocycles. The van der Waals surface area contributed by atoms with E-state index in [-0.39, 0.29) is 5.91 Å². The van der Waals surface area contributed by atoms with Gasteiger partial charge in [-0.25, -0.2) is 4.98 Å². The Balaban J connectivity index is 1.51. The summed E-state index contributed by atoms with van der Waals surface area (Å²) >= 11 is 6.01. The van der Waals surface area contributed by atoms with Crippen molar-refractivity contribution in [1.82, 2.24) is 19.9 Å². The molecule has 0 aliphatic rings. The minimum atomic E-state index is -0.796. The molecule has 0 bridgehead atoms. The van der Waals surface area contributed by atoms with Gasteiger partial charge in [0.15, 0.2) is 5.82 Å². The number of aliphatic hydroxyl groups is 1. The Bertz CT molecular complexity index is 1020. The second-order valence-electron chi connectivity index (χ2n) is 7.11. The van der Waals surface area contributed by atoms with E-state index in [0.717, 1.165) is 30.5 Å². The number of aromatic nitrogens is 3. The Morgan fingerprint density at radius 1 is 1.29 bits per heavy atom. The highest BCUT2D eigenvalue weighted by Crippen LogP contribution is 2.13. The molecule has 1 atom stereocenters. The number of rotatable bonds is 10. The molecule has 1 aromatic carbocycles. The van der Waals surface area contributed by atoms with E-state index in [1.54, 1.807) is 36.9 Å². The van der Waals surface area contributed by atoms with Gasteiger partial charge in [-0.05, 0) is 48.4 Å². The molecule has 162 valence electrons. The molecular weight excluding hydrogens is 414 g/mol. The van der Waals surface area contributed by atoms with Crippen molar-refractivity contribution in [2.75, 3.05) is 11.9 Å². The lowest BCUT2D eigenvalue weighted by atomic mass is 10.2. The topological polar surface area (TPSA) is 92.1 Å². The number of amides is 1. The van der Waals surface area contributed by atoms with Gasteiger partial charge >= 0.3 is 0 Å². The zero-order valence-corrected chi connectivity index (χ0v) is 18.1. The van der Waals surface area contributed by atoms with E-state index < -0.39 is 6.23 Å². The summed E-state index contributed by atoms with van der Waals surface area (Å²) in [5, 5.41) is 16.5. The number of carbonyl (C=O) groups excluding carboxylic acids is 1. The molecule has 0 radical (unpaired) electrons. The van der Waals surface area contributed by atoms with Crippen LogP contribution in [0, 0.1) is 0 Å². The van der Waals surface area contributed by atoms with Crippen LogP contribution in [0.2, 0.25) is 5.02 Å². The highest BCUT2D eigenvalue weighted by molar-refractivity contribution is 6.30. The van der Waals surface area contributed by atoms with Gasteiger partial charge in [0.1, 0.15) is 6.23 Å². The molecule has 3 N–H and O–H groups in total. The maximum Gasteiger partial charge on any atom is 0.249 e. The molecule has 0 saturated heterocycles. The van der Waals surface area contributed by atoms with Crippen molar-refractivity contribution in [3.05, 3.63) is 83.0 Å². The number of pyridine rings is 1. The van der Waals surface area contributed by atoms with Crippen LogP contribution in [-0.2, 0) is 11.3 Å². The number of hydrogen-bond donors (Lipinski definition) is 3. The van der Waals surface area contributed by atoms with Gasteiger partial charge in [-0.3, -0.25) is 15.1 Å². The predicted octanol–water partition coefficient (Wildman–Crippen LogP) is 4.01. The van der Waals surface area contributed by atoms with E-state index in [0.29, 0.717) is 23.1 Å². The molecule has 2 heterocycles. The zero-order chi connectivity index (χ0) is 22.1. The van der Waals surface area contributed by atoms with Crippen molar-refractivity contribution in [3.63, 3.8) is 0 Å². The molecule has 3 aromatic rings. The van der Waals surface area contributed by atoms with Crippen LogP contribution in [0.1, 0.15) is 42.8 Å². The molecule has 0 fully saturated rings. The summed E-state index contributed by atoms with van der Waals surface area (Å²) in [5.41, 5.74) is 2.35. The third kappa shape index (κ3) is 7.32. The summed E-state index contributed by atoms with van der Waals surface area (Å²) in [6, 6.07) is 11.1. The molecule has 8 heteroatoms. The van der Waals surface area contributed by atoms with Crippen LogP contribution >= 0.6 is 11.6 Å². The summed E-state index contributed by atoms with van der Waals surface area (Å²) in [6.45, 7) is 3.43. The molecule has 1 unspecified atom stereocenters. The fourth-order valence-corrected chi connectivity index (χ4v) is 3.11. The van der Waals surface area contributed by atoms with E-state index in [1.807, 2.05) is 28.8 Å². The van der Waals surface area contributed by atoms with Crippen LogP contribution in [0.5, 0.6) is 0 Å². The maximum atomic E-state index is 12.2. The Morgan fingerprint density at radius 3 is 2.90 bits per heavy atom. The predicted molar refractivity (Wildman–Crippen MR) is 123 cm³/mol. The number of carbonyl (C=O) groups is 1. The normalized spacial score (nSPS) is 12.2.